The Balaban J connectivity index is 1.65. The molecule has 0 radical (unpaired) electrons. The zero-order valence-electron chi connectivity index (χ0n) is 9.45. The Morgan fingerprint density at radius 2 is 2.33 bits per heavy atom. The van der Waals surface area contributed by atoms with Crippen molar-refractivity contribution in [3.05, 3.63) is 30.1 Å². The van der Waals surface area contributed by atoms with E-state index in [0.29, 0.717) is 6.04 Å². The van der Waals surface area contributed by atoms with E-state index in [0.717, 1.165) is 18.2 Å². The topological polar surface area (TPSA) is 24.9 Å². The predicted octanol–water partition coefficient (Wildman–Crippen LogP) is 2.92. The SMILES string of the molecule is CC(NCCCC1CC1)c1ccccn1. The molecule has 1 unspecified atom stereocenters. The number of pyridine rings is 1. The maximum atomic E-state index is 4.34. The van der Waals surface area contributed by atoms with Crippen LogP contribution in [-0.2, 0) is 0 Å². The highest BCUT2D eigenvalue weighted by Crippen LogP contribution is 2.33. The largest absolute Gasteiger partial charge is 0.309 e. The lowest BCUT2D eigenvalue weighted by molar-refractivity contribution is 0.525. The van der Waals surface area contributed by atoms with Crippen LogP contribution in [0.5, 0.6) is 0 Å². The van der Waals surface area contributed by atoms with E-state index in [9.17, 15) is 0 Å². The summed E-state index contributed by atoms with van der Waals surface area (Å²) in [5.41, 5.74) is 1.14. The Morgan fingerprint density at radius 1 is 1.47 bits per heavy atom. The van der Waals surface area contributed by atoms with Gasteiger partial charge in [0.25, 0.3) is 0 Å². The molecular formula is C13H20N2. The third kappa shape index (κ3) is 3.63. The number of nitrogens with one attached hydrogen (secondary N) is 1. The summed E-state index contributed by atoms with van der Waals surface area (Å²) in [4.78, 5) is 4.34. The molecule has 0 aliphatic heterocycles. The summed E-state index contributed by atoms with van der Waals surface area (Å²) in [5, 5.41) is 3.52. The van der Waals surface area contributed by atoms with Gasteiger partial charge in [0.1, 0.15) is 0 Å². The van der Waals surface area contributed by atoms with E-state index in [1.165, 1.54) is 25.7 Å². The summed E-state index contributed by atoms with van der Waals surface area (Å²) in [7, 11) is 0. The molecule has 1 saturated carbocycles. The molecule has 82 valence electrons. The smallest absolute Gasteiger partial charge is 0.0570 e. The lowest BCUT2D eigenvalue weighted by Crippen LogP contribution is -2.20. The van der Waals surface area contributed by atoms with Crippen molar-refractivity contribution < 1.29 is 0 Å². The molecule has 1 atom stereocenters. The second kappa shape index (κ2) is 5.26. The summed E-state index contributed by atoms with van der Waals surface area (Å²) >= 11 is 0. The van der Waals surface area contributed by atoms with Gasteiger partial charge in [0.15, 0.2) is 0 Å². The molecule has 2 rings (SSSR count). The Bertz CT molecular complexity index is 280. The Kier molecular flexibility index (Phi) is 3.73. The van der Waals surface area contributed by atoms with Crippen LogP contribution >= 0.6 is 0 Å². The molecule has 1 aromatic heterocycles. The standard InChI is InChI=1S/C13H20N2/c1-11(13-6-2-3-9-15-13)14-10-4-5-12-7-8-12/h2-3,6,9,11-12,14H,4-5,7-8,10H2,1H3. The lowest BCUT2D eigenvalue weighted by atomic mass is 10.2. The van der Waals surface area contributed by atoms with Crippen LogP contribution in [0.1, 0.15) is 44.3 Å². The molecule has 2 nitrogen and oxygen atoms in total. The van der Waals surface area contributed by atoms with Crippen molar-refractivity contribution in [3.8, 4) is 0 Å². The van der Waals surface area contributed by atoms with Crippen molar-refractivity contribution >= 4 is 0 Å². The van der Waals surface area contributed by atoms with E-state index < -0.39 is 0 Å². The van der Waals surface area contributed by atoms with Crippen LogP contribution < -0.4 is 5.32 Å². The molecule has 1 fully saturated rings. The van der Waals surface area contributed by atoms with Crippen molar-refractivity contribution in [1.82, 2.24) is 10.3 Å². The quantitative estimate of drug-likeness (QED) is 0.721. The van der Waals surface area contributed by atoms with E-state index in [-0.39, 0.29) is 0 Å². The highest BCUT2D eigenvalue weighted by molar-refractivity contribution is 5.07. The average Bonchev–Trinajstić information content (AvgIpc) is 3.09. The molecule has 0 aromatic carbocycles. The molecule has 1 aliphatic carbocycles. The van der Waals surface area contributed by atoms with Gasteiger partial charge in [0.2, 0.25) is 0 Å². The van der Waals surface area contributed by atoms with Crippen molar-refractivity contribution in [2.24, 2.45) is 5.92 Å². The minimum Gasteiger partial charge on any atom is -0.309 e. The van der Waals surface area contributed by atoms with E-state index in [2.05, 4.69) is 23.3 Å². The monoisotopic (exact) mass is 204 g/mol. The number of nitrogens with zero attached hydrogens (tertiary/aromatic N) is 1. The molecule has 0 bridgehead atoms. The third-order valence-electron chi connectivity index (χ3n) is 3.07. The van der Waals surface area contributed by atoms with Crippen LogP contribution in [0.3, 0.4) is 0 Å². The lowest BCUT2D eigenvalue weighted by Gasteiger charge is -2.12. The van der Waals surface area contributed by atoms with Crippen LogP contribution in [0, 0.1) is 5.92 Å². The van der Waals surface area contributed by atoms with Crippen LogP contribution in [0.4, 0.5) is 0 Å². The van der Waals surface area contributed by atoms with Crippen LogP contribution in [0.15, 0.2) is 24.4 Å². The van der Waals surface area contributed by atoms with Crippen molar-refractivity contribution in [3.63, 3.8) is 0 Å². The minimum absolute atomic E-state index is 0.380. The van der Waals surface area contributed by atoms with Gasteiger partial charge >= 0.3 is 0 Å². The first kappa shape index (κ1) is 10.6. The molecular weight excluding hydrogens is 184 g/mol. The minimum atomic E-state index is 0.380. The Morgan fingerprint density at radius 3 is 3.00 bits per heavy atom. The second-order valence-corrected chi connectivity index (χ2v) is 4.52. The van der Waals surface area contributed by atoms with Gasteiger partial charge in [-0.05, 0) is 44.4 Å². The summed E-state index contributed by atoms with van der Waals surface area (Å²) < 4.78 is 0. The highest BCUT2D eigenvalue weighted by atomic mass is 14.9. The van der Waals surface area contributed by atoms with Crippen LogP contribution in [0.2, 0.25) is 0 Å². The maximum Gasteiger partial charge on any atom is 0.0570 e. The molecule has 1 N–H and O–H groups in total. The van der Waals surface area contributed by atoms with Crippen molar-refractivity contribution in [2.45, 2.75) is 38.6 Å². The maximum absolute atomic E-state index is 4.34. The number of hydrogen-bond acceptors (Lipinski definition) is 2. The van der Waals surface area contributed by atoms with Gasteiger partial charge in [0.05, 0.1) is 5.69 Å². The second-order valence-electron chi connectivity index (χ2n) is 4.52. The molecule has 0 saturated heterocycles. The zero-order valence-corrected chi connectivity index (χ0v) is 9.45. The van der Waals surface area contributed by atoms with Crippen LogP contribution in [0.25, 0.3) is 0 Å². The third-order valence-corrected chi connectivity index (χ3v) is 3.07. The van der Waals surface area contributed by atoms with Gasteiger partial charge in [-0.15, -0.1) is 0 Å². The average molecular weight is 204 g/mol. The summed E-state index contributed by atoms with van der Waals surface area (Å²) in [5.74, 6) is 1.05. The molecule has 1 aromatic rings. The fraction of sp³-hybridized carbons (Fsp3) is 0.615. The fourth-order valence-corrected chi connectivity index (χ4v) is 1.85. The molecule has 1 heterocycles. The first-order chi connectivity index (χ1) is 7.36. The number of aromatic nitrogens is 1. The van der Waals surface area contributed by atoms with Gasteiger partial charge in [-0.3, -0.25) is 4.98 Å². The van der Waals surface area contributed by atoms with E-state index in [4.69, 9.17) is 0 Å². The van der Waals surface area contributed by atoms with Crippen molar-refractivity contribution in [1.29, 1.82) is 0 Å². The van der Waals surface area contributed by atoms with E-state index in [1.807, 2.05) is 18.3 Å². The summed E-state index contributed by atoms with van der Waals surface area (Å²) in [6, 6.07) is 6.47. The number of rotatable bonds is 6. The summed E-state index contributed by atoms with van der Waals surface area (Å²) in [6.45, 7) is 3.30. The van der Waals surface area contributed by atoms with E-state index >= 15 is 0 Å². The number of hydrogen-bond donors (Lipinski definition) is 1. The fourth-order valence-electron chi connectivity index (χ4n) is 1.85. The van der Waals surface area contributed by atoms with Crippen molar-refractivity contribution in [2.75, 3.05) is 6.54 Å². The molecule has 1 aliphatic rings. The molecule has 0 spiro atoms. The first-order valence-electron chi connectivity index (χ1n) is 6.00. The van der Waals surface area contributed by atoms with Gasteiger partial charge in [-0.1, -0.05) is 18.9 Å². The van der Waals surface area contributed by atoms with Crippen LogP contribution in [-0.4, -0.2) is 11.5 Å². The van der Waals surface area contributed by atoms with Gasteiger partial charge in [-0.2, -0.15) is 0 Å². The molecule has 0 amide bonds. The Labute approximate surface area is 92.1 Å². The van der Waals surface area contributed by atoms with Gasteiger partial charge < -0.3 is 5.32 Å². The highest BCUT2D eigenvalue weighted by Gasteiger charge is 2.20. The molecule has 2 heteroatoms. The summed E-state index contributed by atoms with van der Waals surface area (Å²) in [6.07, 6.45) is 7.51. The first-order valence-corrected chi connectivity index (χ1v) is 6.00. The Hall–Kier alpha value is -0.890. The van der Waals surface area contributed by atoms with Gasteiger partial charge in [-0.25, -0.2) is 0 Å². The zero-order chi connectivity index (χ0) is 10.5. The predicted molar refractivity (Wildman–Crippen MR) is 62.6 cm³/mol. The normalized spacial score (nSPS) is 17.7. The van der Waals surface area contributed by atoms with Gasteiger partial charge in [0, 0.05) is 12.2 Å². The molecule has 15 heavy (non-hydrogen) atoms. The van der Waals surface area contributed by atoms with E-state index in [1.54, 1.807) is 0 Å².